The van der Waals surface area contributed by atoms with E-state index in [9.17, 15) is 10.1 Å². The number of hydrogen-bond acceptors (Lipinski definition) is 8. The van der Waals surface area contributed by atoms with E-state index in [1.165, 1.54) is 6.20 Å². The zero-order valence-electron chi connectivity index (χ0n) is 11.2. The van der Waals surface area contributed by atoms with E-state index in [0.717, 1.165) is 25.0 Å². The standard InChI is InChI=1S/C11H18N6O2S/c1-2-20-9-5-3-4-7(9)14-10-8(17(18)19)6-13-11(15-10)16-12/h6-7,9H,2-5,12H2,1H3,(H2,13,14,15,16). The molecule has 0 spiro atoms. The molecule has 1 fully saturated rings. The minimum Gasteiger partial charge on any atom is -0.360 e. The van der Waals surface area contributed by atoms with Crippen LogP contribution < -0.4 is 16.6 Å². The van der Waals surface area contributed by atoms with Crippen LogP contribution in [0.3, 0.4) is 0 Å². The lowest BCUT2D eigenvalue weighted by molar-refractivity contribution is -0.384. The third-order valence-electron chi connectivity index (χ3n) is 3.25. The van der Waals surface area contributed by atoms with Gasteiger partial charge in [-0.25, -0.2) is 10.8 Å². The van der Waals surface area contributed by atoms with Crippen LogP contribution in [0.5, 0.6) is 0 Å². The lowest BCUT2D eigenvalue weighted by atomic mass is 10.2. The van der Waals surface area contributed by atoms with E-state index < -0.39 is 4.92 Å². The molecule has 110 valence electrons. The third-order valence-corrected chi connectivity index (χ3v) is 4.58. The summed E-state index contributed by atoms with van der Waals surface area (Å²) in [5.41, 5.74) is 2.18. The minimum atomic E-state index is -0.487. The van der Waals surface area contributed by atoms with Gasteiger partial charge in [0.1, 0.15) is 6.20 Å². The quantitative estimate of drug-likeness (QED) is 0.413. The van der Waals surface area contributed by atoms with Gasteiger partial charge in [-0.15, -0.1) is 0 Å². The molecule has 4 N–H and O–H groups in total. The maximum Gasteiger partial charge on any atom is 0.329 e. The van der Waals surface area contributed by atoms with Crippen molar-refractivity contribution in [3.63, 3.8) is 0 Å². The molecule has 9 heteroatoms. The zero-order chi connectivity index (χ0) is 14.5. The molecule has 0 saturated heterocycles. The van der Waals surface area contributed by atoms with Gasteiger partial charge in [0.25, 0.3) is 0 Å². The Hall–Kier alpha value is -1.61. The van der Waals surface area contributed by atoms with Gasteiger partial charge in [0, 0.05) is 11.3 Å². The second-order valence-corrected chi connectivity index (χ2v) is 6.02. The SMILES string of the molecule is CCSC1CCCC1Nc1nc(NN)ncc1[N+](=O)[O-]. The second kappa shape index (κ2) is 6.71. The molecule has 1 aliphatic rings. The van der Waals surface area contributed by atoms with E-state index in [-0.39, 0.29) is 23.5 Å². The normalized spacial score (nSPS) is 21.7. The number of nitrogens with zero attached hydrogens (tertiary/aromatic N) is 3. The molecule has 0 amide bonds. The minimum absolute atomic E-state index is 0.129. The summed E-state index contributed by atoms with van der Waals surface area (Å²) in [6.07, 6.45) is 4.40. The molecule has 2 rings (SSSR count). The van der Waals surface area contributed by atoms with Crippen molar-refractivity contribution in [2.75, 3.05) is 16.5 Å². The highest BCUT2D eigenvalue weighted by Gasteiger charge is 2.29. The van der Waals surface area contributed by atoms with Crippen molar-refractivity contribution in [3.05, 3.63) is 16.3 Å². The summed E-state index contributed by atoms with van der Waals surface area (Å²) in [7, 11) is 0. The lowest BCUT2D eigenvalue weighted by Gasteiger charge is -2.20. The Morgan fingerprint density at radius 2 is 2.40 bits per heavy atom. The first kappa shape index (κ1) is 14.8. The van der Waals surface area contributed by atoms with Crippen LogP contribution in [0, 0.1) is 10.1 Å². The Bertz CT molecular complexity index is 486. The van der Waals surface area contributed by atoms with Crippen molar-refractivity contribution in [1.82, 2.24) is 9.97 Å². The van der Waals surface area contributed by atoms with Gasteiger partial charge in [-0.05, 0) is 18.6 Å². The fraction of sp³-hybridized carbons (Fsp3) is 0.636. The number of thioether (sulfide) groups is 1. The number of nitrogens with two attached hydrogens (primary N) is 1. The van der Waals surface area contributed by atoms with Gasteiger partial charge < -0.3 is 5.32 Å². The van der Waals surface area contributed by atoms with Gasteiger partial charge >= 0.3 is 5.69 Å². The molecule has 1 aromatic rings. The van der Waals surface area contributed by atoms with E-state index >= 15 is 0 Å². The summed E-state index contributed by atoms with van der Waals surface area (Å²) < 4.78 is 0. The van der Waals surface area contributed by atoms with Crippen molar-refractivity contribution < 1.29 is 4.92 Å². The van der Waals surface area contributed by atoms with Crippen molar-refractivity contribution in [1.29, 1.82) is 0 Å². The van der Waals surface area contributed by atoms with Crippen LogP contribution in [0.15, 0.2) is 6.20 Å². The highest BCUT2D eigenvalue weighted by atomic mass is 32.2. The molecule has 8 nitrogen and oxygen atoms in total. The molecule has 0 bridgehead atoms. The van der Waals surface area contributed by atoms with E-state index in [2.05, 4.69) is 27.6 Å². The molecular weight excluding hydrogens is 280 g/mol. The van der Waals surface area contributed by atoms with Crippen LogP contribution in [-0.2, 0) is 0 Å². The number of nitrogens with one attached hydrogen (secondary N) is 2. The Morgan fingerprint density at radius 1 is 1.60 bits per heavy atom. The predicted octanol–water partition coefficient (Wildman–Crippen LogP) is 1.76. The highest BCUT2D eigenvalue weighted by Crippen LogP contribution is 2.33. The van der Waals surface area contributed by atoms with Crippen LogP contribution >= 0.6 is 11.8 Å². The number of hydrazine groups is 1. The average molecular weight is 298 g/mol. The van der Waals surface area contributed by atoms with E-state index in [1.807, 2.05) is 11.8 Å². The molecule has 0 radical (unpaired) electrons. The maximum atomic E-state index is 11.0. The van der Waals surface area contributed by atoms with Crippen LogP contribution in [0.25, 0.3) is 0 Å². The Morgan fingerprint density at radius 3 is 3.05 bits per heavy atom. The monoisotopic (exact) mass is 298 g/mol. The summed E-state index contributed by atoms with van der Waals surface area (Å²) in [4.78, 5) is 18.4. The van der Waals surface area contributed by atoms with Crippen LogP contribution in [0.1, 0.15) is 26.2 Å². The summed E-state index contributed by atoms with van der Waals surface area (Å²) >= 11 is 1.87. The first-order valence-electron chi connectivity index (χ1n) is 6.52. The zero-order valence-corrected chi connectivity index (χ0v) is 12.0. The smallest absolute Gasteiger partial charge is 0.329 e. The lowest BCUT2D eigenvalue weighted by Crippen LogP contribution is -2.27. The number of nitrogen functional groups attached to an aromatic ring is 1. The molecule has 1 aromatic heterocycles. The topological polar surface area (TPSA) is 119 Å². The van der Waals surface area contributed by atoms with Gasteiger partial charge in [-0.1, -0.05) is 13.3 Å². The molecule has 2 atom stereocenters. The number of hydrogen-bond donors (Lipinski definition) is 3. The molecule has 2 unspecified atom stereocenters. The number of anilines is 2. The molecule has 1 heterocycles. The van der Waals surface area contributed by atoms with Crippen LogP contribution in [-0.4, -0.2) is 31.9 Å². The number of rotatable bonds is 6. The van der Waals surface area contributed by atoms with Gasteiger partial charge in [-0.2, -0.15) is 16.7 Å². The second-order valence-electron chi connectivity index (χ2n) is 4.50. The summed E-state index contributed by atoms with van der Waals surface area (Å²) in [5.74, 6) is 6.67. The highest BCUT2D eigenvalue weighted by molar-refractivity contribution is 7.99. The average Bonchev–Trinajstić information content (AvgIpc) is 2.86. The molecule has 0 aromatic carbocycles. The third kappa shape index (κ3) is 3.28. The Kier molecular flexibility index (Phi) is 4.96. The predicted molar refractivity (Wildman–Crippen MR) is 79.7 cm³/mol. The van der Waals surface area contributed by atoms with E-state index in [0.29, 0.717) is 5.25 Å². The number of nitro groups is 1. The van der Waals surface area contributed by atoms with Gasteiger partial charge in [0.15, 0.2) is 0 Å². The summed E-state index contributed by atoms with van der Waals surface area (Å²) in [6, 6.07) is 0.194. The van der Waals surface area contributed by atoms with Crippen molar-refractivity contribution in [3.8, 4) is 0 Å². The molecule has 1 saturated carbocycles. The Labute approximate surface area is 121 Å². The van der Waals surface area contributed by atoms with E-state index in [1.54, 1.807) is 0 Å². The van der Waals surface area contributed by atoms with Crippen LogP contribution in [0.2, 0.25) is 0 Å². The largest absolute Gasteiger partial charge is 0.360 e. The van der Waals surface area contributed by atoms with Gasteiger partial charge in [-0.3, -0.25) is 15.5 Å². The fourth-order valence-corrected chi connectivity index (χ4v) is 3.56. The van der Waals surface area contributed by atoms with Gasteiger partial charge in [0.05, 0.1) is 4.92 Å². The maximum absolute atomic E-state index is 11.0. The Balaban J connectivity index is 2.20. The number of aromatic nitrogens is 2. The fourth-order valence-electron chi connectivity index (χ4n) is 2.37. The molecule has 0 aliphatic heterocycles. The van der Waals surface area contributed by atoms with E-state index in [4.69, 9.17) is 5.84 Å². The molecule has 1 aliphatic carbocycles. The van der Waals surface area contributed by atoms with Crippen molar-refractivity contribution in [2.24, 2.45) is 5.84 Å². The summed E-state index contributed by atoms with van der Waals surface area (Å²) in [5, 5.41) is 14.7. The molecular formula is C11H18N6O2S. The van der Waals surface area contributed by atoms with Gasteiger partial charge in [0.2, 0.25) is 11.8 Å². The van der Waals surface area contributed by atoms with Crippen molar-refractivity contribution in [2.45, 2.75) is 37.5 Å². The molecule has 20 heavy (non-hydrogen) atoms. The first-order chi connectivity index (χ1) is 9.65. The first-order valence-corrected chi connectivity index (χ1v) is 7.56. The van der Waals surface area contributed by atoms with Crippen LogP contribution in [0.4, 0.5) is 17.5 Å². The summed E-state index contributed by atoms with van der Waals surface area (Å²) in [6.45, 7) is 2.11. The van der Waals surface area contributed by atoms with Crippen molar-refractivity contribution >= 4 is 29.2 Å².